The highest BCUT2D eigenvalue weighted by Gasteiger charge is 2.20. The van der Waals surface area contributed by atoms with Crippen molar-refractivity contribution in [1.29, 1.82) is 0 Å². The number of hydrogen-bond acceptors (Lipinski definition) is 4. The van der Waals surface area contributed by atoms with Crippen molar-refractivity contribution in [2.24, 2.45) is 0 Å². The van der Waals surface area contributed by atoms with E-state index in [1.807, 2.05) is 12.1 Å². The number of fused-ring (bicyclic) bond motifs is 1. The zero-order valence-electron chi connectivity index (χ0n) is 14.6. The fourth-order valence-corrected chi connectivity index (χ4v) is 3.07. The van der Waals surface area contributed by atoms with Gasteiger partial charge in [0.25, 0.3) is 0 Å². The molecule has 0 radical (unpaired) electrons. The third-order valence-corrected chi connectivity index (χ3v) is 4.49. The van der Waals surface area contributed by atoms with Crippen LogP contribution in [0, 0.1) is 11.6 Å². The maximum absolute atomic E-state index is 13.9. The predicted molar refractivity (Wildman–Crippen MR) is 98.2 cm³/mol. The SMILES string of the molecule is O=C(c1ccc2c(c1)oc(=O)n2CCc1ccncc1)c1c(F)cccc1F. The van der Waals surface area contributed by atoms with Crippen LogP contribution in [0.15, 0.2) is 70.1 Å². The molecule has 28 heavy (non-hydrogen) atoms. The molecule has 0 saturated carbocycles. The van der Waals surface area contributed by atoms with E-state index in [0.717, 1.165) is 17.7 Å². The first-order valence-corrected chi connectivity index (χ1v) is 8.55. The lowest BCUT2D eigenvalue weighted by Gasteiger charge is -2.05. The van der Waals surface area contributed by atoms with Crippen LogP contribution < -0.4 is 5.76 Å². The van der Waals surface area contributed by atoms with Crippen LogP contribution in [0.4, 0.5) is 8.78 Å². The first-order valence-electron chi connectivity index (χ1n) is 8.55. The van der Waals surface area contributed by atoms with Gasteiger partial charge in [0.2, 0.25) is 0 Å². The molecular formula is C21H14F2N2O3. The van der Waals surface area contributed by atoms with Gasteiger partial charge in [0.05, 0.1) is 11.1 Å². The molecule has 2 heterocycles. The highest BCUT2D eigenvalue weighted by molar-refractivity contribution is 6.10. The Balaban J connectivity index is 1.67. The largest absolute Gasteiger partial charge is 0.419 e. The van der Waals surface area contributed by atoms with Crippen molar-refractivity contribution < 1.29 is 18.0 Å². The molecule has 0 spiro atoms. The van der Waals surface area contributed by atoms with Crippen LogP contribution in [0.2, 0.25) is 0 Å². The normalized spacial score (nSPS) is 11.1. The van der Waals surface area contributed by atoms with Gasteiger partial charge in [-0.05, 0) is 54.4 Å². The average Bonchev–Trinajstić information content (AvgIpc) is 3.01. The van der Waals surface area contributed by atoms with E-state index in [1.165, 1.54) is 22.8 Å². The summed E-state index contributed by atoms with van der Waals surface area (Å²) in [6.07, 6.45) is 3.94. The Morgan fingerprint density at radius 3 is 2.46 bits per heavy atom. The number of rotatable bonds is 5. The van der Waals surface area contributed by atoms with Gasteiger partial charge >= 0.3 is 5.76 Å². The van der Waals surface area contributed by atoms with Crippen molar-refractivity contribution in [3.63, 3.8) is 0 Å². The first-order chi connectivity index (χ1) is 13.5. The van der Waals surface area contributed by atoms with E-state index < -0.39 is 28.7 Å². The number of benzene rings is 2. The summed E-state index contributed by atoms with van der Waals surface area (Å²) >= 11 is 0. The van der Waals surface area contributed by atoms with Gasteiger partial charge in [-0.2, -0.15) is 0 Å². The average molecular weight is 380 g/mol. The summed E-state index contributed by atoms with van der Waals surface area (Å²) in [5.74, 6) is -3.27. The Labute approximate surface area is 157 Å². The molecular weight excluding hydrogens is 366 g/mol. The molecule has 7 heteroatoms. The third kappa shape index (κ3) is 3.22. The lowest BCUT2D eigenvalue weighted by molar-refractivity contribution is 0.103. The van der Waals surface area contributed by atoms with Gasteiger partial charge in [0, 0.05) is 24.5 Å². The molecule has 5 nitrogen and oxygen atoms in total. The molecule has 2 aromatic carbocycles. The monoisotopic (exact) mass is 380 g/mol. The van der Waals surface area contributed by atoms with Crippen molar-refractivity contribution >= 4 is 16.9 Å². The summed E-state index contributed by atoms with van der Waals surface area (Å²) in [5, 5.41) is 0. The van der Waals surface area contributed by atoms with Crippen LogP contribution in [-0.4, -0.2) is 15.3 Å². The molecule has 0 atom stereocenters. The van der Waals surface area contributed by atoms with E-state index in [-0.39, 0.29) is 11.1 Å². The lowest BCUT2D eigenvalue weighted by atomic mass is 10.0. The molecule has 0 aliphatic carbocycles. The highest BCUT2D eigenvalue weighted by Crippen LogP contribution is 2.21. The summed E-state index contributed by atoms with van der Waals surface area (Å²) in [6, 6.07) is 11.2. The highest BCUT2D eigenvalue weighted by atomic mass is 19.1. The molecule has 0 aliphatic rings. The molecule has 0 fully saturated rings. The topological polar surface area (TPSA) is 65.1 Å². The van der Waals surface area contributed by atoms with Crippen LogP contribution in [0.3, 0.4) is 0 Å². The van der Waals surface area contributed by atoms with E-state index in [4.69, 9.17) is 4.42 Å². The van der Waals surface area contributed by atoms with E-state index >= 15 is 0 Å². The predicted octanol–water partition coefficient (Wildman–Crippen LogP) is 3.74. The number of halogens is 2. The van der Waals surface area contributed by atoms with E-state index in [1.54, 1.807) is 18.5 Å². The van der Waals surface area contributed by atoms with Crippen LogP contribution in [0.1, 0.15) is 21.5 Å². The number of ketones is 1. The fraction of sp³-hybridized carbons (Fsp3) is 0.0952. The molecule has 140 valence electrons. The molecule has 4 rings (SSSR count). The molecule has 0 unspecified atom stereocenters. The Morgan fingerprint density at radius 1 is 1.04 bits per heavy atom. The minimum Gasteiger partial charge on any atom is -0.408 e. The van der Waals surface area contributed by atoms with E-state index in [2.05, 4.69) is 4.98 Å². The molecule has 0 saturated heterocycles. The maximum atomic E-state index is 13.9. The molecule has 2 aromatic heterocycles. The quantitative estimate of drug-likeness (QED) is 0.495. The number of pyridine rings is 1. The van der Waals surface area contributed by atoms with Crippen molar-refractivity contribution in [2.45, 2.75) is 13.0 Å². The van der Waals surface area contributed by atoms with Gasteiger partial charge < -0.3 is 4.42 Å². The molecule has 0 bridgehead atoms. The number of hydrogen-bond donors (Lipinski definition) is 0. The number of oxazole rings is 1. The Bertz CT molecular complexity index is 1210. The van der Waals surface area contributed by atoms with Crippen molar-refractivity contribution in [2.75, 3.05) is 0 Å². The fourth-order valence-electron chi connectivity index (χ4n) is 3.07. The van der Waals surface area contributed by atoms with Crippen molar-refractivity contribution in [1.82, 2.24) is 9.55 Å². The van der Waals surface area contributed by atoms with E-state index in [9.17, 15) is 18.4 Å². The number of nitrogens with zero attached hydrogens (tertiary/aromatic N) is 2. The Hall–Kier alpha value is -3.61. The summed E-state index contributed by atoms with van der Waals surface area (Å²) in [4.78, 5) is 28.7. The standard InChI is InChI=1S/C21H14F2N2O3/c22-15-2-1-3-16(23)19(15)20(26)14-4-5-17-18(12-14)28-21(27)25(17)11-8-13-6-9-24-10-7-13/h1-7,9-10,12H,8,11H2. The second-order valence-electron chi connectivity index (χ2n) is 6.23. The summed E-state index contributed by atoms with van der Waals surface area (Å²) in [6.45, 7) is 0.380. The number of aryl methyl sites for hydroxylation is 2. The Kier molecular flexibility index (Phi) is 4.57. The van der Waals surface area contributed by atoms with Crippen molar-refractivity contribution in [3.05, 3.63) is 99.8 Å². The lowest BCUT2D eigenvalue weighted by Crippen LogP contribution is -2.15. The van der Waals surface area contributed by atoms with Crippen LogP contribution in [0.25, 0.3) is 11.1 Å². The van der Waals surface area contributed by atoms with E-state index in [0.29, 0.717) is 18.5 Å². The molecule has 0 N–H and O–H groups in total. The summed E-state index contributed by atoms with van der Waals surface area (Å²) in [7, 11) is 0. The number of aromatic nitrogens is 2. The maximum Gasteiger partial charge on any atom is 0.419 e. The van der Waals surface area contributed by atoms with Gasteiger partial charge in [0.15, 0.2) is 11.4 Å². The van der Waals surface area contributed by atoms with Gasteiger partial charge in [-0.1, -0.05) is 6.07 Å². The van der Waals surface area contributed by atoms with Crippen LogP contribution in [-0.2, 0) is 13.0 Å². The summed E-state index contributed by atoms with van der Waals surface area (Å²) < 4.78 is 34.5. The zero-order chi connectivity index (χ0) is 19.7. The number of carbonyl (C=O) groups excluding carboxylic acids is 1. The van der Waals surface area contributed by atoms with Gasteiger partial charge in [-0.15, -0.1) is 0 Å². The minimum absolute atomic E-state index is 0.0338. The third-order valence-electron chi connectivity index (χ3n) is 4.49. The Morgan fingerprint density at radius 2 is 1.75 bits per heavy atom. The first kappa shape index (κ1) is 17.8. The van der Waals surface area contributed by atoms with Gasteiger partial charge in [0.1, 0.15) is 11.6 Å². The second-order valence-corrected chi connectivity index (χ2v) is 6.23. The van der Waals surface area contributed by atoms with Gasteiger partial charge in [-0.3, -0.25) is 14.3 Å². The second kappa shape index (κ2) is 7.19. The van der Waals surface area contributed by atoms with Crippen molar-refractivity contribution in [3.8, 4) is 0 Å². The molecule has 0 aliphatic heterocycles. The molecule has 0 amide bonds. The van der Waals surface area contributed by atoms with Crippen LogP contribution in [0.5, 0.6) is 0 Å². The smallest absolute Gasteiger partial charge is 0.408 e. The van der Waals surface area contributed by atoms with Gasteiger partial charge in [-0.25, -0.2) is 13.6 Å². The summed E-state index contributed by atoms with van der Waals surface area (Å²) in [5.41, 5.74) is 1.10. The molecule has 4 aromatic rings. The van der Waals surface area contributed by atoms with Crippen LogP contribution >= 0.6 is 0 Å². The number of carbonyl (C=O) groups is 1. The zero-order valence-corrected chi connectivity index (χ0v) is 14.6. The minimum atomic E-state index is -0.943.